The summed E-state index contributed by atoms with van der Waals surface area (Å²) in [5.41, 5.74) is 21.9. The van der Waals surface area contributed by atoms with Crippen molar-refractivity contribution in [2.24, 2.45) is 27.9 Å². The largest absolute Gasteiger partial charge is 0.480 e. The van der Waals surface area contributed by atoms with Crippen LogP contribution >= 0.6 is 12.6 Å². The van der Waals surface area contributed by atoms with Gasteiger partial charge in [-0.1, -0.05) is 0 Å². The fraction of sp³-hybridized carbons (Fsp3) is 0.526. The smallest absolute Gasteiger partial charge is 0.326 e. The van der Waals surface area contributed by atoms with Crippen LogP contribution in [0.1, 0.15) is 25.0 Å². The number of imidazole rings is 1. The van der Waals surface area contributed by atoms with Crippen LogP contribution in [0.15, 0.2) is 17.5 Å². The molecular weight excluding hydrogens is 496 g/mol. The van der Waals surface area contributed by atoms with E-state index in [0.29, 0.717) is 12.1 Å². The molecule has 1 aromatic heterocycles. The molecule has 4 atom stereocenters. The number of carbonyl (C=O) groups is 5. The van der Waals surface area contributed by atoms with Gasteiger partial charge in [0.1, 0.15) is 18.1 Å². The molecule has 36 heavy (non-hydrogen) atoms. The summed E-state index contributed by atoms with van der Waals surface area (Å²) in [7, 11) is 0. The fourth-order valence-corrected chi connectivity index (χ4v) is 3.15. The first-order chi connectivity index (χ1) is 16.9. The lowest BCUT2D eigenvalue weighted by atomic mass is 10.1. The van der Waals surface area contributed by atoms with Crippen LogP contribution in [0.4, 0.5) is 0 Å². The van der Waals surface area contributed by atoms with Crippen molar-refractivity contribution in [2.45, 2.75) is 49.9 Å². The molecule has 17 heteroatoms. The Hall–Kier alpha value is -3.86. The number of hydrogen-bond donors (Lipinski definition) is 10. The Morgan fingerprint density at radius 2 is 1.64 bits per heavy atom. The standard InChI is InChI=1S/C19H32N10O6S/c20-10(2-1-3-25-19(22)23)15(31)27-11(5-14(21)30)16(32)29-13(7-36)17(33)28-12(18(34)35)4-9-6-24-8-26-9/h6,8,10-13,36H,1-5,7,20H2,(H2,21,30)(H,24,26)(H,27,31)(H,28,33)(H,29,32)(H,34,35)(H4,22,23,25). The van der Waals surface area contributed by atoms with E-state index in [9.17, 15) is 29.1 Å². The van der Waals surface area contributed by atoms with Crippen molar-refractivity contribution in [1.82, 2.24) is 25.9 Å². The number of primary amides is 1. The number of guanidine groups is 1. The monoisotopic (exact) mass is 528 g/mol. The molecule has 1 heterocycles. The summed E-state index contributed by atoms with van der Waals surface area (Å²) < 4.78 is 0. The molecule has 0 saturated carbocycles. The lowest BCUT2D eigenvalue weighted by Crippen LogP contribution is -2.58. The average Bonchev–Trinajstić information content (AvgIpc) is 3.31. The highest BCUT2D eigenvalue weighted by Crippen LogP contribution is 2.03. The second-order valence-electron chi connectivity index (χ2n) is 7.71. The number of amides is 4. The van der Waals surface area contributed by atoms with Crippen molar-refractivity contribution in [2.75, 3.05) is 12.3 Å². The Kier molecular flexibility index (Phi) is 12.7. The predicted molar refractivity (Wildman–Crippen MR) is 131 cm³/mol. The minimum absolute atomic E-state index is 0.0876. The Bertz CT molecular complexity index is 937. The second kappa shape index (κ2) is 15.2. The number of carboxylic acids is 1. The summed E-state index contributed by atoms with van der Waals surface area (Å²) in [6, 6.07) is -5.08. The zero-order valence-corrected chi connectivity index (χ0v) is 20.2. The topological polar surface area (TPSA) is 287 Å². The molecule has 4 amide bonds. The normalized spacial score (nSPS) is 13.9. The molecule has 4 unspecified atom stereocenters. The lowest BCUT2D eigenvalue weighted by Gasteiger charge is -2.24. The van der Waals surface area contributed by atoms with Crippen LogP contribution in [-0.2, 0) is 30.4 Å². The van der Waals surface area contributed by atoms with Gasteiger partial charge in [0.2, 0.25) is 23.6 Å². The molecule has 1 rings (SSSR count). The number of nitrogens with one attached hydrogen (secondary N) is 4. The third kappa shape index (κ3) is 11.0. The average molecular weight is 529 g/mol. The molecule has 0 aliphatic rings. The molecule has 0 fully saturated rings. The van der Waals surface area contributed by atoms with Crippen LogP contribution in [0, 0.1) is 0 Å². The van der Waals surface area contributed by atoms with E-state index in [1.54, 1.807) is 0 Å². The first-order valence-corrected chi connectivity index (χ1v) is 11.4. The van der Waals surface area contributed by atoms with Gasteiger partial charge in [0, 0.05) is 30.6 Å². The highest BCUT2D eigenvalue weighted by Gasteiger charge is 2.30. The number of nitrogens with two attached hydrogens (primary N) is 4. The fourth-order valence-electron chi connectivity index (χ4n) is 2.89. The van der Waals surface area contributed by atoms with E-state index in [4.69, 9.17) is 22.9 Å². The van der Waals surface area contributed by atoms with E-state index in [0.717, 1.165) is 0 Å². The highest BCUT2D eigenvalue weighted by molar-refractivity contribution is 7.80. The Labute approximate surface area is 211 Å². The molecule has 0 radical (unpaired) electrons. The number of aliphatic carboxylic acids is 1. The first kappa shape index (κ1) is 30.2. The maximum atomic E-state index is 12.8. The van der Waals surface area contributed by atoms with Crippen LogP contribution in [-0.4, -0.2) is 87.1 Å². The van der Waals surface area contributed by atoms with Gasteiger partial charge in [-0.05, 0) is 12.8 Å². The molecule has 0 aliphatic carbocycles. The van der Waals surface area contributed by atoms with E-state index in [1.165, 1.54) is 12.5 Å². The molecule has 1 aromatic rings. The maximum absolute atomic E-state index is 12.8. The number of aromatic amines is 1. The minimum Gasteiger partial charge on any atom is -0.480 e. The zero-order valence-electron chi connectivity index (χ0n) is 19.3. The number of H-pyrrole nitrogens is 1. The summed E-state index contributed by atoms with van der Waals surface area (Å²) in [5.74, 6) is -5.02. The second-order valence-corrected chi connectivity index (χ2v) is 8.08. The Morgan fingerprint density at radius 3 is 2.17 bits per heavy atom. The highest BCUT2D eigenvalue weighted by atomic mass is 32.1. The zero-order chi connectivity index (χ0) is 27.3. The third-order valence-electron chi connectivity index (χ3n) is 4.75. The van der Waals surface area contributed by atoms with Crippen LogP contribution in [0.5, 0.6) is 0 Å². The van der Waals surface area contributed by atoms with Crippen LogP contribution in [0.3, 0.4) is 0 Å². The number of hydrogen-bond acceptors (Lipinski definition) is 9. The van der Waals surface area contributed by atoms with E-state index in [-0.39, 0.29) is 31.1 Å². The van der Waals surface area contributed by atoms with E-state index >= 15 is 0 Å². The number of nitrogens with zero attached hydrogens (tertiary/aromatic N) is 2. The molecular formula is C19H32N10O6S. The van der Waals surface area contributed by atoms with Crippen molar-refractivity contribution in [1.29, 1.82) is 0 Å². The number of carboxylic acid groups (broad SMARTS) is 1. The van der Waals surface area contributed by atoms with Gasteiger partial charge >= 0.3 is 5.97 Å². The summed E-state index contributed by atoms with van der Waals surface area (Å²) in [5, 5.41) is 16.4. The summed E-state index contributed by atoms with van der Waals surface area (Å²) in [6.45, 7) is 0.241. The molecule has 200 valence electrons. The number of rotatable bonds is 16. The third-order valence-corrected chi connectivity index (χ3v) is 5.12. The van der Waals surface area contributed by atoms with Gasteiger partial charge in [0.25, 0.3) is 0 Å². The molecule has 13 N–H and O–H groups in total. The maximum Gasteiger partial charge on any atom is 0.326 e. The van der Waals surface area contributed by atoms with Crippen molar-refractivity contribution in [3.63, 3.8) is 0 Å². The van der Waals surface area contributed by atoms with E-state index in [2.05, 4.69) is 43.5 Å². The van der Waals surface area contributed by atoms with Crippen molar-refractivity contribution < 1.29 is 29.1 Å². The van der Waals surface area contributed by atoms with Crippen molar-refractivity contribution in [3.8, 4) is 0 Å². The summed E-state index contributed by atoms with van der Waals surface area (Å²) in [6.07, 6.45) is 2.66. The van der Waals surface area contributed by atoms with Crippen molar-refractivity contribution in [3.05, 3.63) is 18.2 Å². The minimum atomic E-state index is -1.44. The molecule has 16 nitrogen and oxygen atoms in total. The molecule has 0 aliphatic heterocycles. The number of carbonyl (C=O) groups excluding carboxylic acids is 4. The van der Waals surface area contributed by atoms with Gasteiger partial charge in [-0.3, -0.25) is 24.2 Å². The van der Waals surface area contributed by atoms with Gasteiger partial charge in [-0.15, -0.1) is 0 Å². The summed E-state index contributed by atoms with van der Waals surface area (Å²) in [4.78, 5) is 71.1. The molecule has 0 bridgehead atoms. The van der Waals surface area contributed by atoms with Crippen LogP contribution in [0.2, 0.25) is 0 Å². The molecule has 0 saturated heterocycles. The van der Waals surface area contributed by atoms with E-state index < -0.39 is 60.2 Å². The molecule has 0 aromatic carbocycles. The van der Waals surface area contributed by atoms with Gasteiger partial charge in [0.15, 0.2) is 5.96 Å². The quantitative estimate of drug-likeness (QED) is 0.0426. The van der Waals surface area contributed by atoms with Gasteiger partial charge in [-0.25, -0.2) is 9.78 Å². The lowest BCUT2D eigenvalue weighted by molar-refractivity contribution is -0.142. The Morgan fingerprint density at radius 1 is 1.03 bits per heavy atom. The number of thiol groups is 1. The van der Waals surface area contributed by atoms with Gasteiger partial charge in [-0.2, -0.15) is 12.6 Å². The van der Waals surface area contributed by atoms with Gasteiger partial charge in [0.05, 0.1) is 18.8 Å². The summed E-state index contributed by atoms with van der Waals surface area (Å²) >= 11 is 4.03. The van der Waals surface area contributed by atoms with Gasteiger partial charge < -0.3 is 49.0 Å². The number of aromatic nitrogens is 2. The predicted octanol–water partition coefficient (Wildman–Crippen LogP) is -4.32. The van der Waals surface area contributed by atoms with Crippen molar-refractivity contribution >= 4 is 48.2 Å². The first-order valence-electron chi connectivity index (χ1n) is 10.8. The SMILES string of the molecule is NC(=O)CC(NC(=O)C(N)CCCN=C(N)N)C(=O)NC(CS)C(=O)NC(Cc1cnc[nH]1)C(=O)O. The van der Waals surface area contributed by atoms with Crippen LogP contribution in [0.25, 0.3) is 0 Å². The molecule has 0 spiro atoms. The Balaban J connectivity index is 2.79. The number of aliphatic imine (C=N–C) groups is 1. The van der Waals surface area contributed by atoms with Crippen LogP contribution < -0.4 is 38.9 Å². The van der Waals surface area contributed by atoms with E-state index in [1.807, 2.05) is 0 Å².